The Hall–Kier alpha value is -1.68. The van der Waals surface area contributed by atoms with Crippen LogP contribution in [0.2, 0.25) is 5.02 Å². The molecular weight excluding hydrogens is 238 g/mol. The zero-order valence-electron chi connectivity index (χ0n) is 9.99. The number of imidazole rings is 1. The van der Waals surface area contributed by atoms with Gasteiger partial charge in [0.2, 0.25) is 5.95 Å². The first-order valence-corrected chi connectivity index (χ1v) is 5.55. The van der Waals surface area contributed by atoms with Gasteiger partial charge >= 0.3 is 0 Å². The molecule has 0 spiro atoms. The summed E-state index contributed by atoms with van der Waals surface area (Å²) in [6.45, 7) is 1.91. The van der Waals surface area contributed by atoms with Crippen LogP contribution in [0.15, 0.2) is 18.2 Å². The van der Waals surface area contributed by atoms with Crippen molar-refractivity contribution in [2.45, 2.75) is 6.92 Å². The number of nitrogen functional groups attached to an aromatic ring is 1. The highest BCUT2D eigenvalue weighted by Gasteiger charge is 2.14. The quantitative estimate of drug-likeness (QED) is 0.893. The van der Waals surface area contributed by atoms with Gasteiger partial charge in [0, 0.05) is 12.6 Å². The summed E-state index contributed by atoms with van der Waals surface area (Å²) in [6, 6.07) is 5.55. The van der Waals surface area contributed by atoms with Gasteiger partial charge in [0.25, 0.3) is 0 Å². The topological polar surface area (TPSA) is 53.1 Å². The van der Waals surface area contributed by atoms with Gasteiger partial charge in [-0.25, -0.2) is 4.98 Å². The molecule has 0 fully saturated rings. The van der Waals surface area contributed by atoms with Crippen molar-refractivity contribution in [3.05, 3.63) is 28.9 Å². The fourth-order valence-electron chi connectivity index (χ4n) is 1.85. The number of anilines is 1. The molecule has 0 bridgehead atoms. The number of aromatic nitrogens is 2. The van der Waals surface area contributed by atoms with Crippen molar-refractivity contribution in [2.24, 2.45) is 7.05 Å². The van der Waals surface area contributed by atoms with Gasteiger partial charge in [0.05, 0.1) is 23.5 Å². The first-order chi connectivity index (χ1) is 8.04. The first kappa shape index (κ1) is 11.8. The number of halogens is 1. The fourth-order valence-corrected chi connectivity index (χ4v) is 2.11. The van der Waals surface area contributed by atoms with Crippen LogP contribution in [0.3, 0.4) is 0 Å². The largest absolute Gasteiger partial charge is 0.497 e. The van der Waals surface area contributed by atoms with Crippen LogP contribution in [0.1, 0.15) is 5.69 Å². The number of aryl methyl sites for hydroxylation is 1. The van der Waals surface area contributed by atoms with Crippen molar-refractivity contribution in [1.29, 1.82) is 0 Å². The van der Waals surface area contributed by atoms with E-state index >= 15 is 0 Å². The summed E-state index contributed by atoms with van der Waals surface area (Å²) in [7, 11) is 3.48. The molecule has 5 heteroatoms. The van der Waals surface area contributed by atoms with E-state index in [2.05, 4.69) is 4.98 Å². The highest BCUT2D eigenvalue weighted by molar-refractivity contribution is 6.33. The van der Waals surface area contributed by atoms with E-state index in [9.17, 15) is 0 Å². The maximum absolute atomic E-state index is 6.23. The molecule has 17 heavy (non-hydrogen) atoms. The number of nitrogens with zero attached hydrogens (tertiary/aromatic N) is 2. The van der Waals surface area contributed by atoms with Crippen LogP contribution < -0.4 is 10.5 Å². The molecule has 0 aliphatic carbocycles. The van der Waals surface area contributed by atoms with Crippen molar-refractivity contribution in [3.8, 4) is 17.0 Å². The van der Waals surface area contributed by atoms with E-state index in [-0.39, 0.29) is 0 Å². The maximum atomic E-state index is 6.23. The lowest BCUT2D eigenvalue weighted by Crippen LogP contribution is -1.99. The molecule has 0 aliphatic heterocycles. The van der Waals surface area contributed by atoms with Gasteiger partial charge in [-0.15, -0.1) is 0 Å². The summed E-state index contributed by atoms with van der Waals surface area (Å²) < 4.78 is 6.94. The number of hydrogen-bond donors (Lipinski definition) is 1. The third-order valence-electron chi connectivity index (χ3n) is 2.74. The minimum Gasteiger partial charge on any atom is -0.497 e. The lowest BCUT2D eigenvalue weighted by atomic mass is 10.1. The Morgan fingerprint density at radius 2 is 2.12 bits per heavy atom. The number of methoxy groups -OCH3 is 1. The van der Waals surface area contributed by atoms with Crippen molar-refractivity contribution < 1.29 is 4.74 Å². The van der Waals surface area contributed by atoms with Crippen LogP contribution in [-0.4, -0.2) is 16.7 Å². The van der Waals surface area contributed by atoms with E-state index < -0.39 is 0 Å². The van der Waals surface area contributed by atoms with Gasteiger partial charge in [-0.3, -0.25) is 0 Å². The smallest absolute Gasteiger partial charge is 0.200 e. The molecule has 0 radical (unpaired) electrons. The molecule has 90 valence electrons. The predicted molar refractivity (Wildman–Crippen MR) is 69.4 cm³/mol. The monoisotopic (exact) mass is 251 g/mol. The maximum Gasteiger partial charge on any atom is 0.200 e. The molecule has 4 nitrogen and oxygen atoms in total. The lowest BCUT2D eigenvalue weighted by molar-refractivity contribution is 0.415. The Morgan fingerprint density at radius 3 is 2.59 bits per heavy atom. The highest BCUT2D eigenvalue weighted by atomic mass is 35.5. The Labute approximate surface area is 105 Å². The van der Waals surface area contributed by atoms with Crippen molar-refractivity contribution in [2.75, 3.05) is 12.8 Å². The van der Waals surface area contributed by atoms with Gasteiger partial charge in [-0.2, -0.15) is 0 Å². The Bertz CT molecular complexity index is 563. The van der Waals surface area contributed by atoms with Crippen LogP contribution in [0.4, 0.5) is 5.95 Å². The molecule has 0 saturated carbocycles. The second kappa shape index (κ2) is 4.30. The zero-order valence-corrected chi connectivity index (χ0v) is 10.7. The van der Waals surface area contributed by atoms with Crippen LogP contribution in [0.5, 0.6) is 5.75 Å². The van der Waals surface area contributed by atoms with Gasteiger partial charge in [-0.1, -0.05) is 11.6 Å². The second-order valence-corrected chi connectivity index (χ2v) is 4.22. The molecule has 0 aliphatic rings. The van der Waals surface area contributed by atoms with Crippen molar-refractivity contribution in [1.82, 2.24) is 9.55 Å². The van der Waals surface area contributed by atoms with Gasteiger partial charge in [0.1, 0.15) is 5.75 Å². The number of nitrogens with two attached hydrogens (primary N) is 1. The normalized spacial score (nSPS) is 10.6. The van der Waals surface area contributed by atoms with Gasteiger partial charge in [-0.05, 0) is 25.1 Å². The molecule has 1 aromatic carbocycles. The van der Waals surface area contributed by atoms with Gasteiger partial charge < -0.3 is 15.0 Å². The van der Waals surface area contributed by atoms with E-state index in [0.29, 0.717) is 11.0 Å². The Balaban J connectivity index is 2.60. The molecule has 1 aromatic heterocycles. The predicted octanol–water partition coefficient (Wildman–Crippen LogP) is 2.64. The van der Waals surface area contributed by atoms with E-state index in [1.165, 1.54) is 0 Å². The third-order valence-corrected chi connectivity index (χ3v) is 3.05. The minimum absolute atomic E-state index is 0.476. The Morgan fingerprint density at radius 1 is 1.41 bits per heavy atom. The summed E-state index contributed by atoms with van der Waals surface area (Å²) in [5.74, 6) is 1.20. The summed E-state index contributed by atoms with van der Waals surface area (Å²) in [4.78, 5) is 4.22. The lowest BCUT2D eigenvalue weighted by Gasteiger charge is -2.08. The molecular formula is C12H14ClN3O. The Kier molecular flexibility index (Phi) is 2.98. The van der Waals surface area contributed by atoms with Crippen molar-refractivity contribution in [3.63, 3.8) is 0 Å². The zero-order chi connectivity index (χ0) is 12.6. The van der Waals surface area contributed by atoms with Gasteiger partial charge in [0.15, 0.2) is 0 Å². The molecule has 0 atom stereocenters. The molecule has 2 aromatic rings. The number of rotatable bonds is 2. The SMILES string of the molecule is COc1ccc(-c2c(C)nc(N)n2C)c(Cl)c1. The summed E-state index contributed by atoms with van der Waals surface area (Å²) in [5.41, 5.74) is 8.45. The molecule has 2 N–H and O–H groups in total. The molecule has 0 saturated heterocycles. The summed E-state index contributed by atoms with van der Waals surface area (Å²) >= 11 is 6.23. The number of benzene rings is 1. The summed E-state index contributed by atoms with van der Waals surface area (Å²) in [6.07, 6.45) is 0. The van der Waals surface area contributed by atoms with Crippen LogP contribution in [0.25, 0.3) is 11.3 Å². The average molecular weight is 252 g/mol. The molecule has 1 heterocycles. The summed E-state index contributed by atoms with van der Waals surface area (Å²) in [5, 5.41) is 0.621. The van der Waals surface area contributed by atoms with E-state index in [0.717, 1.165) is 22.7 Å². The second-order valence-electron chi connectivity index (χ2n) is 3.81. The van der Waals surface area contributed by atoms with E-state index in [1.807, 2.05) is 30.7 Å². The standard InChI is InChI=1S/C12H14ClN3O/c1-7-11(16(2)12(14)15-7)9-5-4-8(17-3)6-10(9)13/h4-6H,1-3H3,(H2,14,15). The molecule has 0 amide bonds. The number of ether oxygens (including phenoxy) is 1. The average Bonchev–Trinajstić information content (AvgIpc) is 2.54. The van der Waals surface area contributed by atoms with E-state index in [4.69, 9.17) is 22.1 Å². The molecule has 0 unspecified atom stereocenters. The highest BCUT2D eigenvalue weighted by Crippen LogP contribution is 2.33. The van der Waals surface area contributed by atoms with Crippen molar-refractivity contribution >= 4 is 17.5 Å². The van der Waals surface area contributed by atoms with E-state index in [1.54, 1.807) is 13.2 Å². The minimum atomic E-state index is 0.476. The first-order valence-electron chi connectivity index (χ1n) is 5.17. The van der Waals surface area contributed by atoms with Crippen LogP contribution >= 0.6 is 11.6 Å². The third kappa shape index (κ3) is 1.96. The number of hydrogen-bond acceptors (Lipinski definition) is 3. The van der Waals surface area contributed by atoms with Crippen LogP contribution in [-0.2, 0) is 7.05 Å². The molecule has 2 rings (SSSR count). The fraction of sp³-hybridized carbons (Fsp3) is 0.250. The van der Waals surface area contributed by atoms with Crippen LogP contribution in [0, 0.1) is 6.92 Å².